The van der Waals surface area contributed by atoms with Crippen molar-refractivity contribution in [3.05, 3.63) is 24.3 Å². The number of hydrogen-bond acceptors (Lipinski definition) is 3. The lowest BCUT2D eigenvalue weighted by Gasteiger charge is -2.15. The Morgan fingerprint density at radius 3 is 2.00 bits per heavy atom. The van der Waals surface area contributed by atoms with Gasteiger partial charge in [0.15, 0.2) is 0 Å². The van der Waals surface area contributed by atoms with Gasteiger partial charge in [-0.05, 0) is 44.0 Å². The molecule has 1 N–H and O–H groups in total. The molecule has 1 aromatic rings. The molecule has 0 atom stereocenters. The summed E-state index contributed by atoms with van der Waals surface area (Å²) < 4.78 is 11.0. The minimum absolute atomic E-state index is 0.605. The Kier molecular flexibility index (Phi) is 7.26. The van der Waals surface area contributed by atoms with Crippen LogP contribution >= 0.6 is 0 Å². The van der Waals surface area contributed by atoms with Crippen LogP contribution in [0.3, 0.4) is 0 Å². The van der Waals surface area contributed by atoms with E-state index in [1.807, 2.05) is 31.2 Å². The highest BCUT2D eigenvalue weighted by Gasteiger charge is 2.01. The maximum absolute atomic E-state index is 5.66. The van der Waals surface area contributed by atoms with E-state index in [1.165, 1.54) is 12.8 Å². The topological polar surface area (TPSA) is 30.5 Å². The van der Waals surface area contributed by atoms with Gasteiger partial charge in [0.25, 0.3) is 0 Å². The summed E-state index contributed by atoms with van der Waals surface area (Å²) in [5, 5.41) is 3.47. The summed E-state index contributed by atoms with van der Waals surface area (Å²) in [4.78, 5) is 0. The van der Waals surface area contributed by atoms with Crippen molar-refractivity contribution in [3.8, 4) is 11.5 Å². The van der Waals surface area contributed by atoms with E-state index in [-0.39, 0.29) is 0 Å². The van der Waals surface area contributed by atoms with E-state index in [2.05, 4.69) is 19.2 Å². The second-order valence-corrected chi connectivity index (χ2v) is 4.22. The monoisotopic (exact) mass is 251 g/mol. The van der Waals surface area contributed by atoms with Gasteiger partial charge in [0.2, 0.25) is 0 Å². The molecule has 0 saturated carbocycles. The molecule has 0 radical (unpaired) electrons. The first-order valence-electron chi connectivity index (χ1n) is 6.89. The number of hydrogen-bond donors (Lipinski definition) is 1. The van der Waals surface area contributed by atoms with Crippen molar-refractivity contribution in [1.29, 1.82) is 0 Å². The smallest absolute Gasteiger partial charge is 0.119 e. The Morgan fingerprint density at radius 2 is 1.50 bits per heavy atom. The van der Waals surface area contributed by atoms with E-state index >= 15 is 0 Å². The van der Waals surface area contributed by atoms with Crippen LogP contribution in [0.5, 0.6) is 11.5 Å². The number of ether oxygens (including phenoxy) is 2. The Balaban J connectivity index is 2.22. The molecule has 0 aromatic heterocycles. The van der Waals surface area contributed by atoms with Gasteiger partial charge in [-0.2, -0.15) is 0 Å². The summed E-state index contributed by atoms with van der Waals surface area (Å²) >= 11 is 0. The van der Waals surface area contributed by atoms with E-state index in [9.17, 15) is 0 Å². The van der Waals surface area contributed by atoms with Gasteiger partial charge in [-0.15, -0.1) is 0 Å². The first-order chi connectivity index (χ1) is 8.80. The molecule has 102 valence electrons. The van der Waals surface area contributed by atoms with Crippen LogP contribution in [-0.2, 0) is 0 Å². The zero-order valence-corrected chi connectivity index (χ0v) is 11.7. The van der Waals surface area contributed by atoms with Gasteiger partial charge in [0, 0.05) is 12.6 Å². The summed E-state index contributed by atoms with van der Waals surface area (Å²) in [5.41, 5.74) is 0. The average Bonchev–Trinajstić information content (AvgIpc) is 2.41. The van der Waals surface area contributed by atoms with Crippen LogP contribution in [-0.4, -0.2) is 25.8 Å². The molecule has 0 aliphatic carbocycles. The van der Waals surface area contributed by atoms with Crippen molar-refractivity contribution < 1.29 is 9.47 Å². The van der Waals surface area contributed by atoms with Crippen molar-refractivity contribution in [2.24, 2.45) is 0 Å². The third kappa shape index (κ3) is 5.41. The fraction of sp³-hybridized carbons (Fsp3) is 0.600. The maximum Gasteiger partial charge on any atom is 0.119 e. The summed E-state index contributed by atoms with van der Waals surface area (Å²) in [6, 6.07) is 8.37. The van der Waals surface area contributed by atoms with E-state index < -0.39 is 0 Å². The summed E-state index contributed by atoms with van der Waals surface area (Å²) in [6.07, 6.45) is 2.33. The molecule has 0 heterocycles. The second kappa shape index (κ2) is 8.81. The molecule has 3 heteroatoms. The maximum atomic E-state index is 5.66. The molecule has 0 bridgehead atoms. The van der Waals surface area contributed by atoms with E-state index in [0.717, 1.165) is 18.0 Å². The minimum Gasteiger partial charge on any atom is -0.494 e. The van der Waals surface area contributed by atoms with Crippen LogP contribution in [0.4, 0.5) is 0 Å². The standard InChI is InChI=1S/C15H25NO2/c1-4-13(5-2)16-11-12-18-15-9-7-14(8-10-15)17-6-3/h7-10,13,16H,4-6,11-12H2,1-3H3. The Bertz CT molecular complexity index is 307. The van der Waals surface area contributed by atoms with Crippen LogP contribution in [0, 0.1) is 0 Å². The van der Waals surface area contributed by atoms with Crippen molar-refractivity contribution in [1.82, 2.24) is 5.32 Å². The van der Waals surface area contributed by atoms with E-state index in [0.29, 0.717) is 19.3 Å². The van der Waals surface area contributed by atoms with Crippen molar-refractivity contribution >= 4 is 0 Å². The lowest BCUT2D eigenvalue weighted by Crippen LogP contribution is -2.31. The molecule has 0 saturated heterocycles. The zero-order valence-electron chi connectivity index (χ0n) is 11.7. The highest BCUT2D eigenvalue weighted by atomic mass is 16.5. The first-order valence-corrected chi connectivity index (χ1v) is 6.89. The Morgan fingerprint density at radius 1 is 0.944 bits per heavy atom. The van der Waals surface area contributed by atoms with Crippen molar-refractivity contribution in [3.63, 3.8) is 0 Å². The number of benzene rings is 1. The van der Waals surface area contributed by atoms with Crippen LogP contribution < -0.4 is 14.8 Å². The van der Waals surface area contributed by atoms with Crippen LogP contribution in [0.2, 0.25) is 0 Å². The Hall–Kier alpha value is -1.22. The van der Waals surface area contributed by atoms with Gasteiger partial charge in [-0.3, -0.25) is 0 Å². The zero-order chi connectivity index (χ0) is 13.2. The third-order valence-electron chi connectivity index (χ3n) is 2.92. The molecule has 18 heavy (non-hydrogen) atoms. The number of nitrogens with one attached hydrogen (secondary N) is 1. The fourth-order valence-electron chi connectivity index (χ4n) is 1.81. The summed E-state index contributed by atoms with van der Waals surface area (Å²) in [5.74, 6) is 1.78. The number of rotatable bonds is 9. The van der Waals surface area contributed by atoms with Gasteiger partial charge in [-0.1, -0.05) is 13.8 Å². The van der Waals surface area contributed by atoms with Gasteiger partial charge in [-0.25, -0.2) is 0 Å². The van der Waals surface area contributed by atoms with Gasteiger partial charge < -0.3 is 14.8 Å². The van der Waals surface area contributed by atoms with Crippen molar-refractivity contribution in [2.75, 3.05) is 19.8 Å². The summed E-state index contributed by atoms with van der Waals surface area (Å²) in [7, 11) is 0. The SMILES string of the molecule is CCOc1ccc(OCCNC(CC)CC)cc1. The van der Waals surface area contributed by atoms with Crippen LogP contribution in [0.25, 0.3) is 0 Å². The molecule has 0 aliphatic rings. The van der Waals surface area contributed by atoms with Gasteiger partial charge in [0.1, 0.15) is 18.1 Å². The molecule has 0 amide bonds. The molecule has 0 spiro atoms. The van der Waals surface area contributed by atoms with Gasteiger partial charge >= 0.3 is 0 Å². The van der Waals surface area contributed by atoms with Crippen molar-refractivity contribution in [2.45, 2.75) is 39.7 Å². The predicted molar refractivity (Wildman–Crippen MR) is 75.5 cm³/mol. The molecule has 0 aliphatic heterocycles. The Labute approximate surface area is 110 Å². The molecular formula is C15H25NO2. The lowest BCUT2D eigenvalue weighted by atomic mass is 10.2. The lowest BCUT2D eigenvalue weighted by molar-refractivity contribution is 0.300. The third-order valence-corrected chi connectivity index (χ3v) is 2.92. The first kappa shape index (κ1) is 14.8. The van der Waals surface area contributed by atoms with E-state index in [1.54, 1.807) is 0 Å². The summed E-state index contributed by atoms with van der Waals surface area (Å²) in [6.45, 7) is 8.67. The highest BCUT2D eigenvalue weighted by molar-refractivity contribution is 5.31. The molecule has 1 rings (SSSR count). The van der Waals surface area contributed by atoms with Crippen LogP contribution in [0.15, 0.2) is 24.3 Å². The quantitative estimate of drug-likeness (QED) is 0.683. The van der Waals surface area contributed by atoms with E-state index in [4.69, 9.17) is 9.47 Å². The highest BCUT2D eigenvalue weighted by Crippen LogP contribution is 2.17. The van der Waals surface area contributed by atoms with Crippen LogP contribution in [0.1, 0.15) is 33.6 Å². The second-order valence-electron chi connectivity index (χ2n) is 4.22. The molecule has 1 aromatic carbocycles. The van der Waals surface area contributed by atoms with Gasteiger partial charge in [0.05, 0.1) is 6.61 Å². The molecule has 0 fully saturated rings. The normalized spacial score (nSPS) is 10.7. The molecular weight excluding hydrogens is 226 g/mol. The molecule has 3 nitrogen and oxygen atoms in total. The minimum atomic E-state index is 0.605. The average molecular weight is 251 g/mol. The fourth-order valence-corrected chi connectivity index (χ4v) is 1.81. The predicted octanol–water partition coefficient (Wildman–Crippen LogP) is 3.24. The molecule has 0 unspecified atom stereocenters. The largest absolute Gasteiger partial charge is 0.494 e.